The first-order valence-corrected chi connectivity index (χ1v) is 10.2. The predicted octanol–water partition coefficient (Wildman–Crippen LogP) is 3.65. The first-order chi connectivity index (χ1) is 12.3. The van der Waals surface area contributed by atoms with Gasteiger partial charge >= 0.3 is 5.97 Å². The summed E-state index contributed by atoms with van der Waals surface area (Å²) in [6.07, 6.45) is 0.336. The maximum Gasteiger partial charge on any atom is 0.339 e. The standard InChI is InChI=1S/C19H20ClNO4S/c1-13(2)25-19(22)17-11-16(7-8-18(17)20)26(23,24)21-10-9-14-5-3-4-6-15(14)12-21/h3-8,11,13H,9-10,12H2,1-2H3. The Morgan fingerprint density at radius 3 is 2.54 bits per heavy atom. The van der Waals surface area contributed by atoms with Gasteiger partial charge in [0, 0.05) is 13.1 Å². The predicted molar refractivity (Wildman–Crippen MR) is 99.7 cm³/mol. The van der Waals surface area contributed by atoms with Crippen molar-refractivity contribution in [2.45, 2.75) is 37.8 Å². The summed E-state index contributed by atoms with van der Waals surface area (Å²) in [5.41, 5.74) is 2.21. The van der Waals surface area contributed by atoms with Crippen LogP contribution >= 0.6 is 11.6 Å². The molecule has 1 heterocycles. The van der Waals surface area contributed by atoms with Gasteiger partial charge in [-0.05, 0) is 49.6 Å². The van der Waals surface area contributed by atoms with Crippen LogP contribution in [-0.4, -0.2) is 31.3 Å². The average molecular weight is 394 g/mol. The zero-order valence-electron chi connectivity index (χ0n) is 14.6. The van der Waals surface area contributed by atoms with Crippen LogP contribution in [0.15, 0.2) is 47.4 Å². The number of ether oxygens (including phenoxy) is 1. The lowest BCUT2D eigenvalue weighted by Gasteiger charge is -2.28. The number of carbonyl (C=O) groups is 1. The van der Waals surface area contributed by atoms with Gasteiger partial charge in [-0.1, -0.05) is 35.9 Å². The number of sulfonamides is 1. The molecule has 0 radical (unpaired) electrons. The van der Waals surface area contributed by atoms with Crippen LogP contribution < -0.4 is 0 Å². The van der Waals surface area contributed by atoms with Crippen molar-refractivity contribution in [3.8, 4) is 0 Å². The van der Waals surface area contributed by atoms with Crippen molar-refractivity contribution in [3.63, 3.8) is 0 Å². The highest BCUT2D eigenvalue weighted by molar-refractivity contribution is 7.89. The highest BCUT2D eigenvalue weighted by atomic mass is 35.5. The molecule has 2 aromatic rings. The van der Waals surface area contributed by atoms with Crippen molar-refractivity contribution in [1.82, 2.24) is 4.31 Å². The second-order valence-electron chi connectivity index (χ2n) is 6.45. The number of hydrogen-bond acceptors (Lipinski definition) is 4. The molecule has 0 saturated heterocycles. The molecule has 0 unspecified atom stereocenters. The van der Waals surface area contributed by atoms with Crippen molar-refractivity contribution in [1.29, 1.82) is 0 Å². The molecule has 138 valence electrons. The molecule has 3 rings (SSSR count). The second-order valence-corrected chi connectivity index (χ2v) is 8.80. The number of esters is 1. The van der Waals surface area contributed by atoms with Crippen LogP contribution in [0.25, 0.3) is 0 Å². The number of rotatable bonds is 4. The minimum atomic E-state index is -3.74. The number of hydrogen-bond donors (Lipinski definition) is 0. The first kappa shape index (κ1) is 18.9. The van der Waals surface area contributed by atoms with Gasteiger partial charge in [-0.25, -0.2) is 13.2 Å². The minimum absolute atomic E-state index is 0.0389. The molecule has 2 aromatic carbocycles. The molecule has 5 nitrogen and oxygen atoms in total. The van der Waals surface area contributed by atoms with E-state index in [9.17, 15) is 13.2 Å². The van der Waals surface area contributed by atoms with Gasteiger partial charge in [0.1, 0.15) is 0 Å². The Balaban J connectivity index is 1.92. The van der Waals surface area contributed by atoms with Gasteiger partial charge in [0.05, 0.1) is 21.6 Å². The summed E-state index contributed by atoms with van der Waals surface area (Å²) in [4.78, 5) is 12.2. The third-order valence-corrected chi connectivity index (χ3v) is 6.40. The topological polar surface area (TPSA) is 63.7 Å². The van der Waals surface area contributed by atoms with E-state index in [4.69, 9.17) is 16.3 Å². The van der Waals surface area contributed by atoms with Gasteiger partial charge in [0.2, 0.25) is 10.0 Å². The molecule has 0 N–H and O–H groups in total. The van der Waals surface area contributed by atoms with Gasteiger partial charge in [-0.2, -0.15) is 4.31 Å². The zero-order valence-corrected chi connectivity index (χ0v) is 16.2. The summed E-state index contributed by atoms with van der Waals surface area (Å²) < 4.78 is 32.6. The number of nitrogens with zero attached hydrogens (tertiary/aromatic N) is 1. The lowest BCUT2D eigenvalue weighted by molar-refractivity contribution is 0.0378. The summed E-state index contributed by atoms with van der Waals surface area (Å²) in [5.74, 6) is -0.633. The van der Waals surface area contributed by atoms with Crippen LogP contribution in [0.2, 0.25) is 5.02 Å². The molecule has 0 spiro atoms. The molecule has 0 aliphatic carbocycles. The summed E-state index contributed by atoms with van der Waals surface area (Å²) in [5, 5.41) is 0.165. The van der Waals surface area contributed by atoms with Crippen molar-refractivity contribution in [2.24, 2.45) is 0 Å². The maximum atomic E-state index is 13.0. The smallest absolute Gasteiger partial charge is 0.339 e. The Hall–Kier alpha value is -1.89. The summed E-state index contributed by atoms with van der Waals surface area (Å²) in [7, 11) is -3.74. The van der Waals surface area contributed by atoms with E-state index in [1.165, 1.54) is 22.5 Å². The third kappa shape index (κ3) is 3.77. The van der Waals surface area contributed by atoms with E-state index in [1.54, 1.807) is 13.8 Å². The van der Waals surface area contributed by atoms with E-state index in [-0.39, 0.29) is 21.6 Å². The molecule has 7 heteroatoms. The van der Waals surface area contributed by atoms with E-state index in [1.807, 2.05) is 24.3 Å². The Labute approximate surface area is 158 Å². The fraction of sp³-hybridized carbons (Fsp3) is 0.316. The van der Waals surface area contributed by atoms with Gasteiger partial charge in [-0.15, -0.1) is 0 Å². The molecule has 0 bridgehead atoms. The molecule has 0 atom stereocenters. The van der Waals surface area contributed by atoms with Gasteiger partial charge < -0.3 is 4.74 Å². The lowest BCUT2D eigenvalue weighted by atomic mass is 10.0. The monoisotopic (exact) mass is 393 g/mol. The largest absolute Gasteiger partial charge is 0.459 e. The fourth-order valence-electron chi connectivity index (χ4n) is 2.92. The average Bonchev–Trinajstić information content (AvgIpc) is 2.60. The van der Waals surface area contributed by atoms with Crippen LogP contribution in [0.3, 0.4) is 0 Å². The van der Waals surface area contributed by atoms with Crippen LogP contribution in [0, 0.1) is 0 Å². The summed E-state index contributed by atoms with van der Waals surface area (Å²) in [6, 6.07) is 11.9. The van der Waals surface area contributed by atoms with Crippen LogP contribution in [0.5, 0.6) is 0 Å². The van der Waals surface area contributed by atoms with E-state index in [0.717, 1.165) is 11.1 Å². The highest BCUT2D eigenvalue weighted by Gasteiger charge is 2.29. The SMILES string of the molecule is CC(C)OC(=O)c1cc(S(=O)(=O)N2CCc3ccccc3C2)ccc1Cl. The van der Waals surface area contributed by atoms with Crippen LogP contribution in [-0.2, 0) is 27.7 Å². The normalized spacial score (nSPS) is 14.9. The van der Waals surface area contributed by atoms with Gasteiger partial charge in [-0.3, -0.25) is 0 Å². The van der Waals surface area contributed by atoms with Crippen LogP contribution in [0.1, 0.15) is 35.3 Å². The van der Waals surface area contributed by atoms with Crippen molar-refractivity contribution >= 4 is 27.6 Å². The van der Waals surface area contributed by atoms with Crippen molar-refractivity contribution in [2.75, 3.05) is 6.54 Å². The molecular weight excluding hydrogens is 374 g/mol. The number of benzene rings is 2. The molecular formula is C19H20ClNO4S. The zero-order chi connectivity index (χ0) is 18.9. The Kier molecular flexibility index (Phi) is 5.37. The molecule has 0 saturated carbocycles. The number of halogens is 1. The highest BCUT2D eigenvalue weighted by Crippen LogP contribution is 2.27. The molecule has 0 amide bonds. The lowest BCUT2D eigenvalue weighted by Crippen LogP contribution is -2.36. The fourth-order valence-corrected chi connectivity index (χ4v) is 4.56. The number of fused-ring (bicyclic) bond motifs is 1. The van der Waals surface area contributed by atoms with Gasteiger partial charge in [0.25, 0.3) is 0 Å². The van der Waals surface area contributed by atoms with E-state index >= 15 is 0 Å². The quantitative estimate of drug-likeness (QED) is 0.744. The second kappa shape index (κ2) is 7.39. The van der Waals surface area contributed by atoms with Crippen molar-refractivity contribution in [3.05, 3.63) is 64.2 Å². The molecule has 0 fully saturated rings. The number of carbonyl (C=O) groups excluding carboxylic acids is 1. The molecule has 1 aliphatic heterocycles. The Bertz CT molecular complexity index is 940. The summed E-state index contributed by atoms with van der Waals surface area (Å²) in [6.45, 7) is 4.15. The Morgan fingerprint density at radius 1 is 1.15 bits per heavy atom. The Morgan fingerprint density at radius 2 is 1.85 bits per heavy atom. The van der Waals surface area contributed by atoms with E-state index in [2.05, 4.69) is 0 Å². The molecule has 1 aliphatic rings. The third-order valence-electron chi connectivity index (χ3n) is 4.23. The van der Waals surface area contributed by atoms with E-state index < -0.39 is 16.0 Å². The van der Waals surface area contributed by atoms with Gasteiger partial charge in [0.15, 0.2) is 0 Å². The minimum Gasteiger partial charge on any atom is -0.459 e. The molecule has 0 aromatic heterocycles. The molecule has 26 heavy (non-hydrogen) atoms. The summed E-state index contributed by atoms with van der Waals surface area (Å²) >= 11 is 6.07. The van der Waals surface area contributed by atoms with E-state index in [0.29, 0.717) is 19.5 Å². The van der Waals surface area contributed by atoms with Crippen molar-refractivity contribution < 1.29 is 17.9 Å². The maximum absolute atomic E-state index is 13.0. The first-order valence-electron chi connectivity index (χ1n) is 8.36. The van der Waals surface area contributed by atoms with Crippen LogP contribution in [0.4, 0.5) is 0 Å².